The summed E-state index contributed by atoms with van der Waals surface area (Å²) >= 11 is 3.09. The van der Waals surface area contributed by atoms with E-state index in [1.807, 2.05) is 0 Å². The van der Waals surface area contributed by atoms with Crippen molar-refractivity contribution in [1.82, 2.24) is 0 Å². The van der Waals surface area contributed by atoms with Gasteiger partial charge in [-0.1, -0.05) is 12.1 Å². The van der Waals surface area contributed by atoms with E-state index < -0.39 is 15.7 Å². The highest BCUT2D eigenvalue weighted by Crippen LogP contribution is 2.23. The van der Waals surface area contributed by atoms with E-state index >= 15 is 0 Å². The van der Waals surface area contributed by atoms with Crippen molar-refractivity contribution in [2.45, 2.75) is 4.90 Å². The van der Waals surface area contributed by atoms with Crippen LogP contribution in [0.15, 0.2) is 50.6 Å². The van der Waals surface area contributed by atoms with Crippen molar-refractivity contribution < 1.29 is 17.6 Å². The van der Waals surface area contributed by atoms with E-state index in [1.165, 1.54) is 24.5 Å². The molecule has 0 bridgehead atoms. The number of carbonyl (C=O) groups excluding carboxylic acids is 1. The van der Waals surface area contributed by atoms with Crippen LogP contribution in [0.1, 0.15) is 10.4 Å². The molecule has 0 atom stereocenters. The lowest BCUT2D eigenvalue weighted by molar-refractivity contribution is 0.102. The molecule has 0 radical (unpaired) electrons. The Morgan fingerprint density at radius 2 is 1.95 bits per heavy atom. The maximum atomic E-state index is 12.0. The smallest absolute Gasteiger partial charge is 0.260 e. The highest BCUT2D eigenvalue weighted by Gasteiger charge is 2.17. The summed E-state index contributed by atoms with van der Waals surface area (Å²) in [7, 11) is -3.41. The van der Waals surface area contributed by atoms with E-state index in [4.69, 9.17) is 4.42 Å². The second-order valence-electron chi connectivity index (χ2n) is 3.83. The van der Waals surface area contributed by atoms with Gasteiger partial charge in [0, 0.05) is 6.26 Å². The van der Waals surface area contributed by atoms with Gasteiger partial charge in [0.15, 0.2) is 14.5 Å². The molecule has 0 fully saturated rings. The van der Waals surface area contributed by atoms with Crippen LogP contribution in [0.3, 0.4) is 0 Å². The zero-order valence-corrected chi connectivity index (χ0v) is 12.3. The molecule has 1 amide bonds. The fourth-order valence-corrected chi connectivity index (χ4v) is 2.80. The Bertz CT molecular complexity index is 721. The number of sulfone groups is 1. The molecule has 5 nitrogen and oxygen atoms in total. The molecule has 2 rings (SSSR count). The first-order valence-corrected chi connectivity index (χ1v) is 7.91. The summed E-state index contributed by atoms with van der Waals surface area (Å²) in [6.07, 6.45) is 2.45. The minimum absolute atomic E-state index is 0.0722. The molecule has 0 aliphatic rings. The van der Waals surface area contributed by atoms with Crippen LogP contribution < -0.4 is 5.32 Å². The first-order chi connectivity index (χ1) is 8.89. The van der Waals surface area contributed by atoms with Crippen molar-refractivity contribution in [3.8, 4) is 0 Å². The third kappa shape index (κ3) is 3.05. The summed E-state index contributed by atoms with van der Waals surface area (Å²) in [6.45, 7) is 0. The topological polar surface area (TPSA) is 76.4 Å². The Morgan fingerprint density at radius 3 is 2.53 bits per heavy atom. The minimum atomic E-state index is -3.41. The average molecular weight is 344 g/mol. The normalized spacial score (nSPS) is 11.3. The molecule has 1 aromatic heterocycles. The van der Waals surface area contributed by atoms with E-state index in [0.29, 0.717) is 10.2 Å². The van der Waals surface area contributed by atoms with Gasteiger partial charge >= 0.3 is 0 Å². The van der Waals surface area contributed by atoms with E-state index in [1.54, 1.807) is 12.1 Å². The Morgan fingerprint density at radius 1 is 1.26 bits per heavy atom. The fraction of sp³-hybridized carbons (Fsp3) is 0.0833. The largest absolute Gasteiger partial charge is 0.457 e. The molecule has 1 heterocycles. The first-order valence-electron chi connectivity index (χ1n) is 5.23. The molecule has 19 heavy (non-hydrogen) atoms. The van der Waals surface area contributed by atoms with Crippen LogP contribution in [0.25, 0.3) is 0 Å². The number of carbonyl (C=O) groups is 1. The number of furan rings is 1. The monoisotopic (exact) mass is 343 g/mol. The van der Waals surface area contributed by atoms with Crippen LogP contribution in [0.4, 0.5) is 5.69 Å². The summed E-state index contributed by atoms with van der Waals surface area (Å²) in [5.41, 5.74) is 0.534. The average Bonchev–Trinajstić information content (AvgIpc) is 2.75. The molecule has 0 saturated carbocycles. The molecule has 0 aliphatic heterocycles. The van der Waals surface area contributed by atoms with Crippen molar-refractivity contribution >= 4 is 37.4 Å². The van der Waals surface area contributed by atoms with Crippen molar-refractivity contribution in [2.24, 2.45) is 0 Å². The van der Waals surface area contributed by atoms with Gasteiger partial charge in [-0.3, -0.25) is 4.79 Å². The molecular weight excluding hydrogens is 334 g/mol. The first kappa shape index (κ1) is 13.8. The zero-order valence-electron chi connectivity index (χ0n) is 9.88. The van der Waals surface area contributed by atoms with Crippen LogP contribution in [-0.2, 0) is 9.84 Å². The SMILES string of the molecule is CS(=O)(=O)c1ccccc1NC(=O)c1ccoc1Br. The van der Waals surface area contributed by atoms with Gasteiger partial charge in [-0.15, -0.1) is 0 Å². The molecule has 100 valence electrons. The van der Waals surface area contributed by atoms with E-state index in [2.05, 4.69) is 21.2 Å². The Kier molecular flexibility index (Phi) is 3.77. The quantitative estimate of drug-likeness (QED) is 0.929. The fourth-order valence-electron chi connectivity index (χ4n) is 1.54. The Hall–Kier alpha value is -1.60. The number of rotatable bonds is 3. The predicted molar refractivity (Wildman–Crippen MR) is 73.9 cm³/mol. The number of halogens is 1. The number of hydrogen-bond acceptors (Lipinski definition) is 4. The number of para-hydroxylation sites is 1. The Labute approximate surface area is 118 Å². The third-order valence-electron chi connectivity index (χ3n) is 2.40. The van der Waals surface area contributed by atoms with Crippen LogP contribution in [-0.4, -0.2) is 20.6 Å². The highest BCUT2D eigenvalue weighted by molar-refractivity contribution is 9.10. The molecule has 0 aliphatic carbocycles. The van der Waals surface area contributed by atoms with Crippen molar-refractivity contribution in [3.05, 3.63) is 46.8 Å². The summed E-state index contributed by atoms with van der Waals surface area (Å²) in [5.74, 6) is -0.447. The molecule has 0 saturated heterocycles. The van der Waals surface area contributed by atoms with Gasteiger partial charge in [-0.2, -0.15) is 0 Å². The summed E-state index contributed by atoms with van der Waals surface area (Å²) in [5, 5.41) is 2.55. The predicted octanol–water partition coefficient (Wildman–Crippen LogP) is 2.70. The molecule has 0 unspecified atom stereocenters. The number of anilines is 1. The van der Waals surface area contributed by atoms with Gasteiger partial charge in [0.25, 0.3) is 5.91 Å². The minimum Gasteiger partial charge on any atom is -0.457 e. The second kappa shape index (κ2) is 5.18. The van der Waals surface area contributed by atoms with E-state index in [0.717, 1.165) is 6.26 Å². The number of nitrogens with one attached hydrogen (secondary N) is 1. The lowest BCUT2D eigenvalue weighted by Crippen LogP contribution is -2.14. The van der Waals surface area contributed by atoms with Gasteiger partial charge in [0.2, 0.25) is 0 Å². The molecular formula is C12H10BrNO4S. The van der Waals surface area contributed by atoms with Crippen LogP contribution >= 0.6 is 15.9 Å². The summed E-state index contributed by atoms with van der Waals surface area (Å²) in [4.78, 5) is 12.1. The molecule has 0 spiro atoms. The van der Waals surface area contributed by atoms with Gasteiger partial charge in [0.1, 0.15) is 0 Å². The standard InChI is InChI=1S/C12H10BrNO4S/c1-19(16,17)10-5-3-2-4-9(10)14-12(15)8-6-7-18-11(8)13/h2-7H,1H3,(H,14,15). The van der Waals surface area contributed by atoms with E-state index in [9.17, 15) is 13.2 Å². The van der Waals surface area contributed by atoms with Gasteiger partial charge in [-0.05, 0) is 34.1 Å². The van der Waals surface area contributed by atoms with Gasteiger partial charge in [-0.25, -0.2) is 8.42 Å². The zero-order chi connectivity index (χ0) is 14.0. The molecule has 2 aromatic rings. The molecule has 7 heteroatoms. The lowest BCUT2D eigenvalue weighted by atomic mass is 10.3. The van der Waals surface area contributed by atoms with Crippen LogP contribution in [0.5, 0.6) is 0 Å². The van der Waals surface area contributed by atoms with Crippen LogP contribution in [0.2, 0.25) is 0 Å². The number of hydrogen-bond donors (Lipinski definition) is 1. The van der Waals surface area contributed by atoms with Gasteiger partial charge < -0.3 is 9.73 Å². The second-order valence-corrected chi connectivity index (χ2v) is 6.53. The highest BCUT2D eigenvalue weighted by atomic mass is 79.9. The number of benzene rings is 1. The molecule has 1 aromatic carbocycles. The lowest BCUT2D eigenvalue weighted by Gasteiger charge is -2.08. The Balaban J connectivity index is 2.35. The third-order valence-corrected chi connectivity index (χ3v) is 4.17. The van der Waals surface area contributed by atoms with Crippen LogP contribution in [0, 0.1) is 0 Å². The van der Waals surface area contributed by atoms with Crippen molar-refractivity contribution in [3.63, 3.8) is 0 Å². The maximum absolute atomic E-state index is 12.0. The summed E-state index contributed by atoms with van der Waals surface area (Å²) < 4.78 is 28.5. The maximum Gasteiger partial charge on any atom is 0.260 e. The van der Waals surface area contributed by atoms with Crippen molar-refractivity contribution in [2.75, 3.05) is 11.6 Å². The summed E-state index contributed by atoms with van der Waals surface area (Å²) in [6, 6.07) is 7.70. The van der Waals surface area contributed by atoms with Crippen molar-refractivity contribution in [1.29, 1.82) is 0 Å². The van der Waals surface area contributed by atoms with Gasteiger partial charge in [0.05, 0.1) is 22.4 Å². The van der Waals surface area contributed by atoms with E-state index in [-0.39, 0.29) is 10.6 Å². The number of amides is 1. The molecule has 1 N–H and O–H groups in total.